The van der Waals surface area contributed by atoms with Crippen LogP contribution in [0.1, 0.15) is 27.2 Å². The third-order valence-corrected chi connectivity index (χ3v) is 3.84. The van der Waals surface area contributed by atoms with Gasteiger partial charge in [0.1, 0.15) is 17.2 Å². The number of anilines is 1. The van der Waals surface area contributed by atoms with E-state index in [0.717, 1.165) is 0 Å². The first-order valence-corrected chi connectivity index (χ1v) is 8.07. The Labute approximate surface area is 144 Å². The Bertz CT molecular complexity index is 762. The number of benzene rings is 1. The van der Waals surface area contributed by atoms with Crippen molar-refractivity contribution in [2.45, 2.75) is 44.9 Å². The zero-order valence-corrected chi connectivity index (χ0v) is 14.4. The van der Waals surface area contributed by atoms with Crippen LogP contribution in [0.25, 0.3) is 11.1 Å². The number of ether oxygens (including phenoxy) is 1. The molecule has 2 aromatic rings. The van der Waals surface area contributed by atoms with Gasteiger partial charge in [-0.15, -0.1) is 0 Å². The standard InChI is InChI=1S/C17H21N3O5/c1-17(2,3)25-16(23)20-9-10(8-12(20)14(21)22)18-15-19-11-6-4-5-7-13(11)24-15/h4-7,10,12H,8-9H2,1-3H3,(H,18,19)(H,21,22)/t10-,12+/m1/s1. The molecule has 2 heterocycles. The molecule has 0 spiro atoms. The van der Waals surface area contributed by atoms with Crippen molar-refractivity contribution < 1.29 is 23.8 Å². The number of carboxylic acid groups (broad SMARTS) is 1. The largest absolute Gasteiger partial charge is 0.480 e. The van der Waals surface area contributed by atoms with Crippen molar-refractivity contribution in [1.29, 1.82) is 0 Å². The van der Waals surface area contributed by atoms with Gasteiger partial charge >= 0.3 is 12.1 Å². The molecule has 1 aliphatic rings. The smallest absolute Gasteiger partial charge is 0.411 e. The quantitative estimate of drug-likeness (QED) is 0.879. The molecule has 1 aromatic carbocycles. The van der Waals surface area contributed by atoms with Crippen LogP contribution in [-0.2, 0) is 9.53 Å². The van der Waals surface area contributed by atoms with Crippen molar-refractivity contribution in [3.63, 3.8) is 0 Å². The van der Waals surface area contributed by atoms with E-state index in [4.69, 9.17) is 9.15 Å². The average molecular weight is 347 g/mol. The Kier molecular flexibility index (Phi) is 4.28. The van der Waals surface area contributed by atoms with Gasteiger partial charge in [0.05, 0.1) is 6.04 Å². The Hall–Kier alpha value is -2.77. The Morgan fingerprint density at radius 2 is 2.08 bits per heavy atom. The van der Waals surface area contributed by atoms with Crippen molar-refractivity contribution in [2.24, 2.45) is 0 Å². The van der Waals surface area contributed by atoms with E-state index in [0.29, 0.717) is 17.1 Å². The van der Waals surface area contributed by atoms with Crippen LogP contribution in [0.3, 0.4) is 0 Å². The molecule has 8 nitrogen and oxygen atoms in total. The first-order valence-electron chi connectivity index (χ1n) is 8.07. The first kappa shape index (κ1) is 17.1. The number of likely N-dealkylation sites (tertiary alicyclic amines) is 1. The molecule has 0 bridgehead atoms. The molecule has 1 fully saturated rings. The van der Waals surface area contributed by atoms with E-state index in [1.165, 1.54) is 4.90 Å². The molecule has 2 N–H and O–H groups in total. The fourth-order valence-corrected chi connectivity index (χ4v) is 2.81. The van der Waals surface area contributed by atoms with Gasteiger partial charge in [-0.3, -0.25) is 4.90 Å². The van der Waals surface area contributed by atoms with Gasteiger partial charge in [0.2, 0.25) is 0 Å². The topological polar surface area (TPSA) is 105 Å². The third-order valence-electron chi connectivity index (χ3n) is 3.84. The molecule has 1 aromatic heterocycles. The summed E-state index contributed by atoms with van der Waals surface area (Å²) in [6.45, 7) is 5.42. The van der Waals surface area contributed by atoms with E-state index in [1.807, 2.05) is 18.2 Å². The number of hydrogen-bond donors (Lipinski definition) is 2. The molecule has 1 aliphatic heterocycles. The maximum atomic E-state index is 12.3. The highest BCUT2D eigenvalue weighted by Gasteiger charge is 2.42. The Morgan fingerprint density at radius 1 is 1.36 bits per heavy atom. The van der Waals surface area contributed by atoms with Crippen LogP contribution in [0.4, 0.5) is 10.8 Å². The molecule has 1 saturated heterocycles. The molecule has 0 saturated carbocycles. The maximum absolute atomic E-state index is 12.3. The zero-order valence-electron chi connectivity index (χ0n) is 14.4. The molecular formula is C17H21N3O5. The van der Waals surface area contributed by atoms with Crippen molar-refractivity contribution in [3.05, 3.63) is 24.3 Å². The molecule has 8 heteroatoms. The highest BCUT2D eigenvalue weighted by Crippen LogP contribution is 2.25. The van der Waals surface area contributed by atoms with Crippen molar-refractivity contribution in [2.75, 3.05) is 11.9 Å². The predicted molar refractivity (Wildman–Crippen MR) is 90.4 cm³/mol. The average Bonchev–Trinajstić information content (AvgIpc) is 3.09. The highest BCUT2D eigenvalue weighted by molar-refractivity contribution is 5.81. The molecular weight excluding hydrogens is 326 g/mol. The summed E-state index contributed by atoms with van der Waals surface area (Å²) >= 11 is 0. The number of nitrogens with one attached hydrogen (secondary N) is 1. The van der Waals surface area contributed by atoms with Gasteiger partial charge in [-0.05, 0) is 32.9 Å². The summed E-state index contributed by atoms with van der Waals surface area (Å²) in [5, 5.41) is 12.5. The van der Waals surface area contributed by atoms with Crippen molar-refractivity contribution >= 4 is 29.2 Å². The molecule has 1 amide bonds. The monoisotopic (exact) mass is 347 g/mol. The number of nitrogens with zero attached hydrogens (tertiary/aromatic N) is 2. The second kappa shape index (κ2) is 6.27. The van der Waals surface area contributed by atoms with E-state index in [2.05, 4.69) is 10.3 Å². The molecule has 2 atom stereocenters. The van der Waals surface area contributed by atoms with Crippen LogP contribution in [0.5, 0.6) is 0 Å². The van der Waals surface area contributed by atoms with Gasteiger partial charge in [-0.1, -0.05) is 12.1 Å². The van der Waals surface area contributed by atoms with Gasteiger partial charge in [-0.25, -0.2) is 9.59 Å². The molecule has 0 radical (unpaired) electrons. The SMILES string of the molecule is CC(C)(C)OC(=O)N1C[C@H](Nc2nc3ccccc3o2)C[C@H]1C(=O)O. The first-order chi connectivity index (χ1) is 11.7. The number of carbonyl (C=O) groups excluding carboxylic acids is 1. The Morgan fingerprint density at radius 3 is 2.72 bits per heavy atom. The summed E-state index contributed by atoms with van der Waals surface area (Å²) in [7, 11) is 0. The fraction of sp³-hybridized carbons (Fsp3) is 0.471. The van der Waals surface area contributed by atoms with Gasteiger partial charge < -0.3 is 19.6 Å². The van der Waals surface area contributed by atoms with Crippen LogP contribution < -0.4 is 5.32 Å². The van der Waals surface area contributed by atoms with E-state index in [-0.39, 0.29) is 19.0 Å². The molecule has 3 rings (SSSR count). The van der Waals surface area contributed by atoms with Crippen LogP contribution in [-0.4, -0.2) is 51.3 Å². The van der Waals surface area contributed by atoms with Crippen LogP contribution in [0, 0.1) is 0 Å². The van der Waals surface area contributed by atoms with E-state index < -0.39 is 23.7 Å². The summed E-state index contributed by atoms with van der Waals surface area (Å²) in [5.74, 6) is -1.06. The lowest BCUT2D eigenvalue weighted by atomic mass is 10.2. The number of amides is 1. The Balaban J connectivity index is 1.73. The molecule has 0 unspecified atom stereocenters. The minimum absolute atomic E-state index is 0.199. The number of carboxylic acids is 1. The van der Waals surface area contributed by atoms with Gasteiger partial charge in [0, 0.05) is 13.0 Å². The summed E-state index contributed by atoms with van der Waals surface area (Å²) in [6.07, 6.45) is -0.394. The lowest BCUT2D eigenvalue weighted by Gasteiger charge is -2.26. The summed E-state index contributed by atoms with van der Waals surface area (Å²) in [4.78, 5) is 29.3. The van der Waals surface area contributed by atoms with E-state index >= 15 is 0 Å². The number of hydrogen-bond acceptors (Lipinski definition) is 6. The fourth-order valence-electron chi connectivity index (χ4n) is 2.81. The van der Waals surface area contributed by atoms with Gasteiger partial charge in [0.25, 0.3) is 6.01 Å². The number of fused-ring (bicyclic) bond motifs is 1. The predicted octanol–water partition coefficient (Wildman–Crippen LogP) is 2.70. The van der Waals surface area contributed by atoms with Crippen LogP contribution in [0.15, 0.2) is 28.7 Å². The molecule has 134 valence electrons. The lowest BCUT2D eigenvalue weighted by molar-refractivity contribution is -0.142. The second-order valence-electron chi connectivity index (χ2n) is 7.05. The number of para-hydroxylation sites is 2. The minimum atomic E-state index is -1.06. The summed E-state index contributed by atoms with van der Waals surface area (Å²) < 4.78 is 10.9. The highest BCUT2D eigenvalue weighted by atomic mass is 16.6. The van der Waals surface area contributed by atoms with Crippen LogP contribution in [0.2, 0.25) is 0 Å². The van der Waals surface area contributed by atoms with E-state index in [1.54, 1.807) is 26.8 Å². The number of aliphatic carboxylic acids is 1. The third kappa shape index (κ3) is 3.84. The molecule has 25 heavy (non-hydrogen) atoms. The number of oxazole rings is 1. The number of rotatable bonds is 3. The number of carbonyl (C=O) groups is 2. The number of aromatic nitrogens is 1. The summed E-state index contributed by atoms with van der Waals surface area (Å²) in [5.41, 5.74) is 0.662. The van der Waals surface area contributed by atoms with E-state index in [9.17, 15) is 14.7 Å². The second-order valence-corrected chi connectivity index (χ2v) is 7.05. The van der Waals surface area contributed by atoms with Crippen molar-refractivity contribution in [1.82, 2.24) is 9.88 Å². The van der Waals surface area contributed by atoms with Gasteiger partial charge in [-0.2, -0.15) is 4.98 Å². The summed E-state index contributed by atoms with van der Waals surface area (Å²) in [6, 6.07) is 6.40. The zero-order chi connectivity index (χ0) is 18.2. The van der Waals surface area contributed by atoms with Gasteiger partial charge in [0.15, 0.2) is 5.58 Å². The maximum Gasteiger partial charge on any atom is 0.411 e. The normalized spacial score (nSPS) is 20.7. The van der Waals surface area contributed by atoms with Crippen molar-refractivity contribution in [3.8, 4) is 0 Å². The van der Waals surface area contributed by atoms with Crippen LogP contribution >= 0.6 is 0 Å². The minimum Gasteiger partial charge on any atom is -0.480 e. The molecule has 0 aliphatic carbocycles. The lowest BCUT2D eigenvalue weighted by Crippen LogP contribution is -2.43.